The quantitative estimate of drug-likeness (QED) is 0.201. The highest BCUT2D eigenvalue weighted by molar-refractivity contribution is 6.03. The van der Waals surface area contributed by atoms with Crippen molar-refractivity contribution in [1.29, 1.82) is 0 Å². The van der Waals surface area contributed by atoms with Gasteiger partial charge in [-0.25, -0.2) is 0 Å². The van der Waals surface area contributed by atoms with Crippen LogP contribution in [0, 0.1) is 0 Å². The van der Waals surface area contributed by atoms with Crippen LogP contribution in [0.5, 0.6) is 0 Å². The molecule has 1 aromatic heterocycles. The maximum absolute atomic E-state index is 6.83. The maximum atomic E-state index is 6.83. The summed E-state index contributed by atoms with van der Waals surface area (Å²) in [6, 6.07) is 61.8. The summed E-state index contributed by atoms with van der Waals surface area (Å²) in [5.74, 6) is 0.984. The van der Waals surface area contributed by atoms with Crippen LogP contribution >= 0.6 is 0 Å². The summed E-state index contributed by atoms with van der Waals surface area (Å²) in [4.78, 5) is 0. The molecule has 0 unspecified atom stereocenters. The molecular weight excluding hydrogens is 556 g/mol. The Kier molecular flexibility index (Phi) is 5.27. The minimum atomic E-state index is -0.440. The highest BCUT2D eigenvalue weighted by atomic mass is 16.3. The van der Waals surface area contributed by atoms with Gasteiger partial charge in [-0.05, 0) is 91.5 Å². The second-order valence-corrected chi connectivity index (χ2v) is 12.4. The topological polar surface area (TPSA) is 13.1 Å². The molecule has 0 radical (unpaired) electrons. The molecule has 1 nitrogen and oxygen atoms in total. The molecule has 2 aliphatic rings. The van der Waals surface area contributed by atoms with Gasteiger partial charge < -0.3 is 4.42 Å². The summed E-state index contributed by atoms with van der Waals surface area (Å²) in [6.07, 6.45) is 0. The van der Waals surface area contributed by atoms with Gasteiger partial charge in [0.1, 0.15) is 11.3 Å². The first kappa shape index (κ1) is 25.4. The fourth-order valence-electron chi connectivity index (χ4n) is 8.17. The number of rotatable bonds is 3. The van der Waals surface area contributed by atoms with Gasteiger partial charge in [0.25, 0.3) is 0 Å². The molecule has 0 aliphatic heterocycles. The van der Waals surface area contributed by atoms with E-state index in [9.17, 15) is 0 Å². The van der Waals surface area contributed by atoms with Crippen LogP contribution in [0.3, 0.4) is 0 Å². The largest absolute Gasteiger partial charge is 0.456 e. The Morgan fingerprint density at radius 1 is 0.348 bits per heavy atom. The van der Waals surface area contributed by atoms with Crippen LogP contribution < -0.4 is 0 Å². The van der Waals surface area contributed by atoms with E-state index >= 15 is 0 Å². The van der Waals surface area contributed by atoms with Crippen LogP contribution in [0.15, 0.2) is 174 Å². The lowest BCUT2D eigenvalue weighted by Crippen LogP contribution is -2.25. The lowest BCUT2D eigenvalue weighted by molar-refractivity contribution is 0.628. The van der Waals surface area contributed by atoms with E-state index in [4.69, 9.17) is 4.42 Å². The summed E-state index contributed by atoms with van der Waals surface area (Å²) < 4.78 is 6.83. The molecule has 0 saturated heterocycles. The van der Waals surface area contributed by atoms with Gasteiger partial charge in [0.2, 0.25) is 0 Å². The monoisotopic (exact) mass is 584 g/mol. The average Bonchev–Trinajstić information content (AvgIpc) is 3.75. The van der Waals surface area contributed by atoms with E-state index in [1.807, 2.05) is 0 Å². The molecule has 1 heterocycles. The van der Waals surface area contributed by atoms with Gasteiger partial charge in [-0.1, -0.05) is 140 Å². The van der Waals surface area contributed by atoms with E-state index in [1.165, 1.54) is 77.7 Å². The van der Waals surface area contributed by atoms with Crippen molar-refractivity contribution in [2.75, 3.05) is 0 Å². The lowest BCUT2D eigenvalue weighted by atomic mass is 9.70. The zero-order chi connectivity index (χ0) is 30.2. The molecule has 7 aromatic carbocycles. The third-order valence-electron chi connectivity index (χ3n) is 10.1. The highest BCUT2D eigenvalue weighted by Gasteiger charge is 2.54. The van der Waals surface area contributed by atoms with E-state index in [1.54, 1.807) is 0 Å². The zero-order valence-electron chi connectivity index (χ0n) is 25.1. The number of hydrogen-bond acceptors (Lipinski definition) is 1. The highest BCUT2D eigenvalue weighted by Crippen LogP contribution is 2.64. The van der Waals surface area contributed by atoms with Gasteiger partial charge in [-0.3, -0.25) is 0 Å². The van der Waals surface area contributed by atoms with Gasteiger partial charge >= 0.3 is 0 Å². The van der Waals surface area contributed by atoms with E-state index in [-0.39, 0.29) is 0 Å². The average molecular weight is 585 g/mol. The number of hydrogen-bond donors (Lipinski definition) is 0. The number of benzene rings is 7. The molecule has 214 valence electrons. The lowest BCUT2D eigenvalue weighted by Gasteiger charge is -2.29. The molecule has 0 bridgehead atoms. The van der Waals surface area contributed by atoms with Crippen molar-refractivity contribution in [3.05, 3.63) is 192 Å². The fraction of sp³-hybridized carbons (Fsp3) is 0.0222. The molecule has 0 N–H and O–H groups in total. The Morgan fingerprint density at radius 2 is 0.804 bits per heavy atom. The number of furan rings is 1. The van der Waals surface area contributed by atoms with Crippen molar-refractivity contribution in [1.82, 2.24) is 0 Å². The molecule has 0 amide bonds. The third-order valence-corrected chi connectivity index (χ3v) is 10.1. The standard InChI is InChI=1S/C45H28O/c1-3-13-29(14-4-1)32-25-33(30-15-5-2-6-16-30)27-34(26-32)31-23-24-42-38(28-31)43-44(46-42)37-19-9-12-22-41(37)45(43)39-20-10-7-17-35(39)36-18-8-11-21-40(36)45/h1-28H. The van der Waals surface area contributed by atoms with Crippen LogP contribution in [0.1, 0.15) is 22.3 Å². The first-order valence-electron chi connectivity index (χ1n) is 15.9. The Morgan fingerprint density at radius 3 is 1.37 bits per heavy atom. The van der Waals surface area contributed by atoms with E-state index in [0.29, 0.717) is 0 Å². The number of fused-ring (bicyclic) bond motifs is 12. The third kappa shape index (κ3) is 3.40. The predicted octanol–water partition coefficient (Wildman–Crippen LogP) is 11.8. The molecule has 1 spiro atoms. The molecule has 0 fully saturated rings. The molecule has 46 heavy (non-hydrogen) atoms. The summed E-state index contributed by atoms with van der Waals surface area (Å²) >= 11 is 0. The second-order valence-electron chi connectivity index (χ2n) is 12.4. The van der Waals surface area contributed by atoms with Crippen LogP contribution in [-0.4, -0.2) is 0 Å². The van der Waals surface area contributed by atoms with Crippen molar-refractivity contribution < 1.29 is 4.42 Å². The molecule has 2 aliphatic carbocycles. The van der Waals surface area contributed by atoms with Crippen LogP contribution in [0.2, 0.25) is 0 Å². The smallest absolute Gasteiger partial charge is 0.140 e. The zero-order valence-corrected chi connectivity index (χ0v) is 25.1. The Hall–Kier alpha value is -5.92. The predicted molar refractivity (Wildman–Crippen MR) is 189 cm³/mol. The molecule has 0 saturated carbocycles. The van der Waals surface area contributed by atoms with Crippen LogP contribution in [0.25, 0.3) is 66.8 Å². The minimum absolute atomic E-state index is 0.440. The van der Waals surface area contributed by atoms with Crippen molar-refractivity contribution in [2.45, 2.75) is 5.41 Å². The van der Waals surface area contributed by atoms with Crippen LogP contribution in [-0.2, 0) is 5.41 Å². The summed E-state index contributed by atoms with van der Waals surface area (Å²) in [5.41, 5.74) is 16.7. The summed E-state index contributed by atoms with van der Waals surface area (Å²) in [6.45, 7) is 0. The molecule has 1 heteroatoms. The van der Waals surface area contributed by atoms with Crippen molar-refractivity contribution in [3.8, 4) is 55.8 Å². The van der Waals surface area contributed by atoms with Crippen molar-refractivity contribution in [2.24, 2.45) is 0 Å². The van der Waals surface area contributed by atoms with E-state index < -0.39 is 5.41 Å². The first-order chi connectivity index (χ1) is 22.8. The Bertz CT molecular complexity index is 2360. The fourth-order valence-corrected chi connectivity index (χ4v) is 8.17. The van der Waals surface area contributed by atoms with Crippen molar-refractivity contribution in [3.63, 3.8) is 0 Å². The van der Waals surface area contributed by atoms with Gasteiger partial charge in [-0.2, -0.15) is 0 Å². The van der Waals surface area contributed by atoms with Gasteiger partial charge in [0.05, 0.1) is 5.41 Å². The van der Waals surface area contributed by atoms with E-state index in [0.717, 1.165) is 11.3 Å². The van der Waals surface area contributed by atoms with Crippen molar-refractivity contribution >= 4 is 11.0 Å². The van der Waals surface area contributed by atoms with Gasteiger partial charge in [0, 0.05) is 16.5 Å². The van der Waals surface area contributed by atoms with E-state index in [2.05, 4.69) is 170 Å². The molecular formula is C45H28O. The van der Waals surface area contributed by atoms with Crippen LogP contribution in [0.4, 0.5) is 0 Å². The molecule has 10 rings (SSSR count). The SMILES string of the molecule is c1ccc(-c2cc(-c3ccccc3)cc(-c3ccc4oc5c(c4c3)C3(c4ccccc4-c4ccccc43)c3ccccc3-5)c2)cc1. The van der Waals surface area contributed by atoms with Gasteiger partial charge in [-0.15, -0.1) is 0 Å². The molecule has 8 aromatic rings. The van der Waals surface area contributed by atoms with Gasteiger partial charge in [0.15, 0.2) is 0 Å². The normalized spacial score (nSPS) is 13.4. The summed E-state index contributed by atoms with van der Waals surface area (Å²) in [7, 11) is 0. The Balaban J connectivity index is 1.26. The molecule has 0 atom stereocenters. The second kappa shape index (κ2) is 9.54. The first-order valence-corrected chi connectivity index (χ1v) is 15.9. The maximum Gasteiger partial charge on any atom is 0.140 e. The Labute approximate surface area is 268 Å². The minimum Gasteiger partial charge on any atom is -0.456 e. The summed E-state index contributed by atoms with van der Waals surface area (Å²) in [5, 5.41) is 1.17.